The van der Waals surface area contributed by atoms with E-state index in [1.165, 1.54) is 0 Å². The Balaban J connectivity index is 0. The minimum atomic E-state index is 1.06. The van der Waals surface area contributed by atoms with Gasteiger partial charge in [0.25, 0.3) is 0 Å². The van der Waals surface area contributed by atoms with Crippen molar-refractivity contribution in [1.82, 2.24) is 9.97 Å². The Morgan fingerprint density at radius 2 is 1.50 bits per heavy atom. The predicted octanol–water partition coefficient (Wildman–Crippen LogP) is 3.15. The molecule has 0 bridgehead atoms. The first-order valence-electron chi connectivity index (χ1n) is 4.54. The highest BCUT2D eigenvalue weighted by Crippen LogP contribution is 1.95. The van der Waals surface area contributed by atoms with Crippen LogP contribution in [0.25, 0.3) is 0 Å². The third kappa shape index (κ3) is 5.83. The van der Waals surface area contributed by atoms with Crippen LogP contribution in [0.5, 0.6) is 0 Å². The highest BCUT2D eigenvalue weighted by atomic mass is 14.8. The molecule has 0 aromatic carbocycles. The van der Waals surface area contributed by atoms with Gasteiger partial charge in [-0.1, -0.05) is 27.7 Å². The summed E-state index contributed by atoms with van der Waals surface area (Å²) >= 11 is 0. The summed E-state index contributed by atoms with van der Waals surface area (Å²) in [6.45, 7) is 12.0. The molecule has 1 aromatic rings. The third-order valence-electron chi connectivity index (χ3n) is 1.16. The lowest BCUT2D eigenvalue weighted by Crippen LogP contribution is -1.85. The molecule has 1 rings (SSSR count). The summed E-state index contributed by atoms with van der Waals surface area (Å²) in [6.07, 6.45) is 3.37. The predicted molar refractivity (Wildman–Crippen MR) is 54.2 cm³/mol. The van der Waals surface area contributed by atoms with E-state index in [-0.39, 0.29) is 0 Å². The van der Waals surface area contributed by atoms with Gasteiger partial charge in [0.15, 0.2) is 0 Å². The maximum atomic E-state index is 3.97. The van der Waals surface area contributed by atoms with Crippen LogP contribution in [0, 0.1) is 13.8 Å². The average Bonchev–Trinajstić information content (AvgIpc) is 2.17. The molecule has 0 saturated heterocycles. The number of hydrogen-bond acceptors (Lipinski definition) is 2. The van der Waals surface area contributed by atoms with Gasteiger partial charge in [0.05, 0.1) is 0 Å². The molecule has 0 spiro atoms. The fourth-order valence-corrected chi connectivity index (χ4v) is 0.460. The summed E-state index contributed by atoms with van der Waals surface area (Å²) < 4.78 is 0. The van der Waals surface area contributed by atoms with Crippen molar-refractivity contribution in [2.45, 2.75) is 41.5 Å². The molecule has 0 atom stereocenters. The van der Waals surface area contributed by atoms with Gasteiger partial charge in [-0.2, -0.15) is 0 Å². The summed E-state index contributed by atoms with van der Waals surface area (Å²) in [7, 11) is 0. The zero-order chi connectivity index (χ0) is 9.98. The standard InChI is InChI=1S/C6H8N2.2C2H6/c1-5-3-7-4-8-6(5)2;2*1-2/h3-4H,1-2H3;2*1-2H3. The molecule has 0 N–H and O–H groups in total. The van der Waals surface area contributed by atoms with E-state index in [1.54, 1.807) is 6.33 Å². The van der Waals surface area contributed by atoms with Crippen LogP contribution in [0.1, 0.15) is 39.0 Å². The normalized spacial score (nSPS) is 7.17. The van der Waals surface area contributed by atoms with Crippen LogP contribution < -0.4 is 0 Å². The van der Waals surface area contributed by atoms with Gasteiger partial charge in [0.1, 0.15) is 6.33 Å². The quantitative estimate of drug-likeness (QED) is 0.594. The lowest BCUT2D eigenvalue weighted by atomic mass is 10.3. The van der Waals surface area contributed by atoms with Gasteiger partial charge < -0.3 is 0 Å². The fourth-order valence-electron chi connectivity index (χ4n) is 0.460. The summed E-state index contributed by atoms with van der Waals surface area (Å²) in [5.74, 6) is 0. The number of hydrogen-bond donors (Lipinski definition) is 0. The molecule has 0 aliphatic carbocycles. The fraction of sp³-hybridized carbons (Fsp3) is 0.600. The Kier molecular flexibility index (Phi) is 11.5. The van der Waals surface area contributed by atoms with Crippen molar-refractivity contribution in [3.63, 3.8) is 0 Å². The molecular formula is C10H20N2. The topological polar surface area (TPSA) is 25.8 Å². The number of aromatic nitrogens is 2. The highest BCUT2D eigenvalue weighted by molar-refractivity contribution is 5.10. The van der Waals surface area contributed by atoms with E-state index in [4.69, 9.17) is 0 Å². The molecular weight excluding hydrogens is 148 g/mol. The number of aryl methyl sites for hydroxylation is 2. The minimum absolute atomic E-state index is 1.06. The molecule has 0 radical (unpaired) electrons. The zero-order valence-electron chi connectivity index (χ0n) is 9.05. The van der Waals surface area contributed by atoms with Gasteiger partial charge in [-0.15, -0.1) is 0 Å². The monoisotopic (exact) mass is 168 g/mol. The molecule has 0 saturated carbocycles. The summed E-state index contributed by atoms with van der Waals surface area (Å²) in [6, 6.07) is 0. The van der Waals surface area contributed by atoms with Gasteiger partial charge in [-0.05, 0) is 19.4 Å². The molecule has 0 fully saturated rings. The Hall–Kier alpha value is -0.920. The maximum Gasteiger partial charge on any atom is 0.115 e. The van der Waals surface area contributed by atoms with Gasteiger partial charge in [0, 0.05) is 11.9 Å². The van der Waals surface area contributed by atoms with Gasteiger partial charge in [0.2, 0.25) is 0 Å². The van der Waals surface area contributed by atoms with E-state index in [0.717, 1.165) is 11.3 Å². The number of rotatable bonds is 0. The Morgan fingerprint density at radius 3 is 1.75 bits per heavy atom. The maximum absolute atomic E-state index is 3.97. The second-order valence-corrected chi connectivity index (χ2v) is 1.79. The van der Waals surface area contributed by atoms with Crippen molar-refractivity contribution in [1.29, 1.82) is 0 Å². The van der Waals surface area contributed by atoms with Crippen molar-refractivity contribution >= 4 is 0 Å². The summed E-state index contributed by atoms with van der Waals surface area (Å²) in [5.41, 5.74) is 2.20. The van der Waals surface area contributed by atoms with Crippen molar-refractivity contribution in [2.24, 2.45) is 0 Å². The molecule has 1 heterocycles. The van der Waals surface area contributed by atoms with Crippen LogP contribution in [-0.4, -0.2) is 9.97 Å². The van der Waals surface area contributed by atoms with Crippen LogP contribution in [0.15, 0.2) is 12.5 Å². The Labute approximate surface area is 76.1 Å². The Bertz CT molecular complexity index is 164. The largest absolute Gasteiger partial charge is 0.245 e. The first-order valence-corrected chi connectivity index (χ1v) is 4.54. The average molecular weight is 168 g/mol. The van der Waals surface area contributed by atoms with Crippen molar-refractivity contribution in [3.05, 3.63) is 23.8 Å². The number of nitrogens with zero attached hydrogens (tertiary/aromatic N) is 2. The first-order chi connectivity index (χ1) is 5.80. The molecule has 2 nitrogen and oxygen atoms in total. The van der Waals surface area contributed by atoms with Crippen LogP contribution in [-0.2, 0) is 0 Å². The molecule has 2 heteroatoms. The lowest BCUT2D eigenvalue weighted by Gasteiger charge is -1.91. The highest BCUT2D eigenvalue weighted by Gasteiger charge is 1.86. The smallest absolute Gasteiger partial charge is 0.115 e. The second-order valence-electron chi connectivity index (χ2n) is 1.79. The third-order valence-corrected chi connectivity index (χ3v) is 1.16. The van der Waals surface area contributed by atoms with Gasteiger partial charge >= 0.3 is 0 Å². The van der Waals surface area contributed by atoms with E-state index in [1.807, 2.05) is 47.7 Å². The van der Waals surface area contributed by atoms with Gasteiger partial charge in [-0.25, -0.2) is 9.97 Å². The molecule has 12 heavy (non-hydrogen) atoms. The molecule has 1 aromatic heterocycles. The Morgan fingerprint density at radius 1 is 1.00 bits per heavy atom. The van der Waals surface area contributed by atoms with Crippen LogP contribution in [0.2, 0.25) is 0 Å². The van der Waals surface area contributed by atoms with E-state index >= 15 is 0 Å². The summed E-state index contributed by atoms with van der Waals surface area (Å²) in [5, 5.41) is 0. The molecule has 0 aliphatic rings. The second kappa shape index (κ2) is 10.1. The molecule has 0 amide bonds. The van der Waals surface area contributed by atoms with E-state index in [9.17, 15) is 0 Å². The summed E-state index contributed by atoms with van der Waals surface area (Å²) in [4.78, 5) is 7.80. The van der Waals surface area contributed by atoms with Crippen LogP contribution >= 0.6 is 0 Å². The van der Waals surface area contributed by atoms with E-state index in [0.29, 0.717) is 0 Å². The molecule has 0 aliphatic heterocycles. The van der Waals surface area contributed by atoms with E-state index in [2.05, 4.69) is 9.97 Å². The van der Waals surface area contributed by atoms with E-state index < -0.39 is 0 Å². The van der Waals surface area contributed by atoms with Crippen LogP contribution in [0.3, 0.4) is 0 Å². The van der Waals surface area contributed by atoms with Crippen molar-refractivity contribution in [3.8, 4) is 0 Å². The van der Waals surface area contributed by atoms with Crippen molar-refractivity contribution < 1.29 is 0 Å². The molecule has 0 unspecified atom stereocenters. The first kappa shape index (κ1) is 13.7. The minimum Gasteiger partial charge on any atom is -0.245 e. The molecule has 70 valence electrons. The lowest BCUT2D eigenvalue weighted by molar-refractivity contribution is 1.06. The zero-order valence-corrected chi connectivity index (χ0v) is 9.05. The SMILES string of the molecule is CC.CC.Cc1cncnc1C. The van der Waals surface area contributed by atoms with Crippen molar-refractivity contribution in [2.75, 3.05) is 0 Å². The van der Waals surface area contributed by atoms with Gasteiger partial charge in [-0.3, -0.25) is 0 Å². The van der Waals surface area contributed by atoms with Crippen LogP contribution in [0.4, 0.5) is 0 Å².